The third-order valence-electron chi connectivity index (χ3n) is 10.5. The fourth-order valence-electron chi connectivity index (χ4n) is 7.14. The lowest BCUT2D eigenvalue weighted by atomic mass is 9.98. The van der Waals surface area contributed by atoms with E-state index in [2.05, 4.69) is 6.92 Å². The lowest BCUT2D eigenvalue weighted by Gasteiger charge is -2.43. The molecule has 2 aliphatic heterocycles. The van der Waals surface area contributed by atoms with E-state index in [9.17, 15) is 55.5 Å². The summed E-state index contributed by atoms with van der Waals surface area (Å²) in [6.07, 6.45) is -3.71. The molecule has 0 radical (unpaired) electrons. The standard InChI is InChI=1S/C41H56O17/c1-3-4-5-6-7-8-9-10-11-12-13-14-29(46)57-37-21(2)54-40(36(52)34(37)50)53-20-28-31(47)33(49)35(51)41(56-28)58-39-32(48)30-26(45)18-23(42)19-27(30)55-38(39)22-15-16-24(43)25(44)17-22/h15-19,21,28,31,33-37,40-45,47,49-52H,3-14,20H2,1-2H3/t21-,28+,31+,33-,34-,35+,36+,37-,40+,41-/m0/s1. The number of rotatable bonds is 19. The van der Waals surface area contributed by atoms with Gasteiger partial charge in [0.05, 0.1) is 12.7 Å². The lowest BCUT2D eigenvalue weighted by molar-refractivity contribution is -0.319. The summed E-state index contributed by atoms with van der Waals surface area (Å²) >= 11 is 0. The van der Waals surface area contributed by atoms with Gasteiger partial charge in [-0.05, 0) is 31.5 Å². The number of unbranched alkanes of at least 4 members (excludes halogenated alkanes) is 10. The summed E-state index contributed by atoms with van der Waals surface area (Å²) in [5.74, 6) is -3.90. The van der Waals surface area contributed by atoms with Crippen LogP contribution in [-0.4, -0.2) is 120 Å². The van der Waals surface area contributed by atoms with Crippen LogP contribution in [-0.2, 0) is 23.7 Å². The number of phenolic OH excluding ortho intramolecular Hbond substituents is 4. The van der Waals surface area contributed by atoms with Crippen molar-refractivity contribution in [2.45, 2.75) is 152 Å². The van der Waals surface area contributed by atoms with Gasteiger partial charge in [-0.2, -0.15) is 0 Å². The van der Waals surface area contributed by atoms with Crippen LogP contribution in [0.1, 0.15) is 90.9 Å². The van der Waals surface area contributed by atoms with E-state index in [4.69, 9.17) is 28.1 Å². The summed E-state index contributed by atoms with van der Waals surface area (Å²) in [6, 6.07) is 5.27. The molecular formula is C41H56O17. The van der Waals surface area contributed by atoms with Gasteiger partial charge in [-0.1, -0.05) is 71.1 Å². The zero-order valence-electron chi connectivity index (χ0n) is 32.6. The van der Waals surface area contributed by atoms with Crippen LogP contribution in [0.25, 0.3) is 22.3 Å². The molecule has 0 amide bonds. The molecule has 2 fully saturated rings. The van der Waals surface area contributed by atoms with Gasteiger partial charge in [-0.25, -0.2) is 0 Å². The number of hydrogen-bond acceptors (Lipinski definition) is 17. The average molecular weight is 821 g/mol. The first kappa shape index (κ1) is 44.9. The van der Waals surface area contributed by atoms with E-state index in [0.29, 0.717) is 6.42 Å². The number of aliphatic hydroxyl groups excluding tert-OH is 5. The SMILES string of the molecule is CCCCCCCCCCCCCC(=O)O[C@@H]1[C@@H](O)[C@@H](O)[C@H](OC[C@H]2O[C@@H](Oc3c(-c4ccc(O)c(O)c4)oc4cc(O)cc(O)c4c3=O)[C@H](O)[C@@H](O)[C@@H]2O)O[C@H]1C. The molecule has 1 aromatic heterocycles. The minimum absolute atomic E-state index is 0.0351. The Balaban J connectivity index is 1.19. The Morgan fingerprint density at radius 1 is 0.707 bits per heavy atom. The number of ether oxygens (including phenoxy) is 5. The van der Waals surface area contributed by atoms with E-state index >= 15 is 0 Å². The Labute approximate surface area is 334 Å². The molecule has 9 N–H and O–H groups in total. The van der Waals surface area contributed by atoms with Crippen LogP contribution in [0.5, 0.6) is 28.7 Å². The normalized spacial score (nSPS) is 27.4. The summed E-state index contributed by atoms with van der Waals surface area (Å²) < 4.78 is 34.2. The number of phenols is 4. The summed E-state index contributed by atoms with van der Waals surface area (Å²) in [7, 11) is 0. The molecule has 3 heterocycles. The number of esters is 1. The number of carbonyl (C=O) groups is 1. The van der Waals surface area contributed by atoms with Gasteiger partial charge < -0.3 is 74.1 Å². The van der Waals surface area contributed by atoms with Gasteiger partial charge in [0.25, 0.3) is 0 Å². The molecule has 0 unspecified atom stereocenters. The molecule has 0 bridgehead atoms. The summed E-state index contributed by atoms with van der Waals surface area (Å²) in [6.45, 7) is 3.09. The topological polar surface area (TPSA) is 276 Å². The van der Waals surface area contributed by atoms with Crippen molar-refractivity contribution in [3.05, 3.63) is 40.6 Å². The second-order valence-corrected chi connectivity index (χ2v) is 15.0. The minimum Gasteiger partial charge on any atom is -0.508 e. The van der Waals surface area contributed by atoms with Crippen molar-refractivity contribution in [3.63, 3.8) is 0 Å². The van der Waals surface area contributed by atoms with Crippen molar-refractivity contribution in [3.8, 4) is 40.1 Å². The van der Waals surface area contributed by atoms with Gasteiger partial charge in [0.15, 0.2) is 29.7 Å². The van der Waals surface area contributed by atoms with Crippen molar-refractivity contribution >= 4 is 16.9 Å². The number of benzene rings is 2. The minimum atomic E-state index is -1.99. The molecule has 0 saturated carbocycles. The first-order chi connectivity index (χ1) is 27.7. The highest BCUT2D eigenvalue weighted by Crippen LogP contribution is 2.39. The summed E-state index contributed by atoms with van der Waals surface area (Å²) in [4.78, 5) is 26.4. The quantitative estimate of drug-likeness (QED) is 0.0475. The molecule has 17 nitrogen and oxygen atoms in total. The van der Waals surface area contributed by atoms with Crippen LogP contribution >= 0.6 is 0 Å². The Kier molecular flexibility index (Phi) is 16.0. The number of hydrogen-bond donors (Lipinski definition) is 9. The lowest BCUT2D eigenvalue weighted by Crippen LogP contribution is -2.62. The summed E-state index contributed by atoms with van der Waals surface area (Å²) in [5.41, 5.74) is -1.36. The van der Waals surface area contributed by atoms with Gasteiger partial charge in [-0.3, -0.25) is 9.59 Å². The van der Waals surface area contributed by atoms with Gasteiger partial charge >= 0.3 is 5.97 Å². The zero-order valence-corrected chi connectivity index (χ0v) is 32.6. The number of carbonyl (C=O) groups excluding carboxylic acids is 1. The van der Waals surface area contributed by atoms with Crippen LogP contribution in [0.2, 0.25) is 0 Å². The second-order valence-electron chi connectivity index (χ2n) is 15.0. The van der Waals surface area contributed by atoms with Gasteiger partial charge in [-0.15, -0.1) is 0 Å². The van der Waals surface area contributed by atoms with Crippen LogP contribution < -0.4 is 10.2 Å². The van der Waals surface area contributed by atoms with Crippen molar-refractivity contribution in [2.24, 2.45) is 0 Å². The molecule has 0 spiro atoms. The maximum absolute atomic E-state index is 13.8. The first-order valence-corrected chi connectivity index (χ1v) is 20.0. The summed E-state index contributed by atoms with van der Waals surface area (Å²) in [5, 5.41) is 94.2. The largest absolute Gasteiger partial charge is 0.508 e. The molecule has 2 saturated heterocycles. The molecule has 5 rings (SSSR count). The van der Waals surface area contributed by atoms with Crippen molar-refractivity contribution in [2.75, 3.05) is 6.61 Å². The fraction of sp³-hybridized carbons (Fsp3) is 0.610. The third-order valence-corrected chi connectivity index (χ3v) is 10.5. The van der Waals surface area contributed by atoms with E-state index in [-0.39, 0.29) is 17.6 Å². The van der Waals surface area contributed by atoms with Crippen molar-refractivity contribution < 1.29 is 78.9 Å². The van der Waals surface area contributed by atoms with E-state index in [1.54, 1.807) is 0 Å². The first-order valence-electron chi connectivity index (χ1n) is 20.0. The molecule has 10 atom stereocenters. The molecule has 3 aromatic rings. The third kappa shape index (κ3) is 10.9. The molecule has 2 aliphatic rings. The molecule has 58 heavy (non-hydrogen) atoms. The Morgan fingerprint density at radius 3 is 2.00 bits per heavy atom. The average Bonchev–Trinajstić information content (AvgIpc) is 3.18. The van der Waals surface area contributed by atoms with E-state index in [1.807, 2.05) is 0 Å². The van der Waals surface area contributed by atoms with E-state index in [1.165, 1.54) is 57.9 Å². The highest BCUT2D eigenvalue weighted by molar-refractivity contribution is 5.88. The zero-order chi connectivity index (χ0) is 42.1. The van der Waals surface area contributed by atoms with Gasteiger partial charge in [0.1, 0.15) is 59.1 Å². The van der Waals surface area contributed by atoms with E-state index < -0.39 is 119 Å². The van der Waals surface area contributed by atoms with E-state index in [0.717, 1.165) is 43.5 Å². The predicted molar refractivity (Wildman–Crippen MR) is 205 cm³/mol. The predicted octanol–water partition coefficient (Wildman–Crippen LogP) is 3.56. The highest BCUT2D eigenvalue weighted by Gasteiger charge is 2.49. The Hall–Kier alpha value is -4.20. The van der Waals surface area contributed by atoms with Gasteiger partial charge in [0.2, 0.25) is 17.5 Å². The molecule has 0 aliphatic carbocycles. The molecular weight excluding hydrogens is 764 g/mol. The van der Waals surface area contributed by atoms with Crippen LogP contribution in [0.3, 0.4) is 0 Å². The number of fused-ring (bicyclic) bond motifs is 1. The van der Waals surface area contributed by atoms with Crippen LogP contribution in [0, 0.1) is 0 Å². The van der Waals surface area contributed by atoms with Crippen LogP contribution in [0.15, 0.2) is 39.5 Å². The molecule has 322 valence electrons. The molecule has 2 aromatic carbocycles. The highest BCUT2D eigenvalue weighted by atomic mass is 16.7. The Bertz CT molecular complexity index is 1860. The van der Waals surface area contributed by atoms with Crippen LogP contribution in [0.4, 0.5) is 0 Å². The maximum atomic E-state index is 13.8. The second kappa shape index (κ2) is 20.7. The Morgan fingerprint density at radius 2 is 1.34 bits per heavy atom. The number of aliphatic hydroxyl groups is 5. The fourth-order valence-corrected chi connectivity index (χ4v) is 7.14. The van der Waals surface area contributed by atoms with Crippen molar-refractivity contribution in [1.29, 1.82) is 0 Å². The molecule has 17 heteroatoms. The van der Waals surface area contributed by atoms with Gasteiger partial charge in [0, 0.05) is 24.1 Å². The smallest absolute Gasteiger partial charge is 0.306 e. The number of aromatic hydroxyl groups is 4. The monoisotopic (exact) mass is 820 g/mol. The van der Waals surface area contributed by atoms with Crippen molar-refractivity contribution in [1.82, 2.24) is 0 Å². The maximum Gasteiger partial charge on any atom is 0.306 e.